The quantitative estimate of drug-likeness (QED) is 0.671. The summed E-state index contributed by atoms with van der Waals surface area (Å²) in [5.41, 5.74) is -0.255. The van der Waals surface area contributed by atoms with Crippen LogP contribution in [0.2, 0.25) is 0 Å². The molecule has 0 bridgehead atoms. The minimum Gasteiger partial charge on any atom is -0.339 e. The van der Waals surface area contributed by atoms with Crippen LogP contribution in [0.25, 0.3) is 11.4 Å². The van der Waals surface area contributed by atoms with Gasteiger partial charge in [0.2, 0.25) is 11.7 Å². The molecule has 0 fully saturated rings. The fourth-order valence-electron chi connectivity index (χ4n) is 2.15. The number of halogens is 3. The molecule has 0 spiro atoms. The Labute approximate surface area is 141 Å². The first-order valence-corrected chi connectivity index (χ1v) is 7.43. The Morgan fingerprint density at radius 1 is 1.04 bits per heavy atom. The zero-order chi connectivity index (χ0) is 17.7. The lowest BCUT2D eigenvalue weighted by molar-refractivity contribution is -0.137. The lowest BCUT2D eigenvalue weighted by Gasteiger charge is -2.09. The Hall–Kier alpha value is -3.14. The molecule has 4 nitrogen and oxygen atoms in total. The average molecular weight is 343 g/mol. The number of pyridine rings is 1. The summed E-state index contributed by atoms with van der Waals surface area (Å²) in [6, 6.07) is 10.5. The summed E-state index contributed by atoms with van der Waals surface area (Å²) in [4.78, 5) is 8.11. The summed E-state index contributed by atoms with van der Waals surface area (Å²) < 4.78 is 44.1. The lowest BCUT2D eigenvalue weighted by atomic mass is 10.1. The molecular weight excluding hydrogens is 331 g/mol. The lowest BCUT2D eigenvalue weighted by Crippen LogP contribution is -2.07. The van der Waals surface area contributed by atoms with Gasteiger partial charge in [0.1, 0.15) is 5.69 Å². The highest BCUT2D eigenvalue weighted by Crippen LogP contribution is 2.35. The maximum absolute atomic E-state index is 13.0. The zero-order valence-electron chi connectivity index (χ0n) is 12.9. The molecular formula is C18H12F3N3O. The molecule has 7 heteroatoms. The van der Waals surface area contributed by atoms with Crippen molar-refractivity contribution in [3.05, 3.63) is 65.8 Å². The van der Waals surface area contributed by atoms with E-state index < -0.39 is 11.7 Å². The third-order valence-corrected chi connectivity index (χ3v) is 3.29. The van der Waals surface area contributed by atoms with Crippen molar-refractivity contribution in [2.45, 2.75) is 19.0 Å². The number of aromatic nitrogens is 3. The van der Waals surface area contributed by atoms with Crippen LogP contribution in [0.5, 0.6) is 0 Å². The van der Waals surface area contributed by atoms with E-state index in [9.17, 15) is 13.2 Å². The molecule has 3 rings (SSSR count). The van der Waals surface area contributed by atoms with Crippen molar-refractivity contribution in [2.24, 2.45) is 0 Å². The predicted octanol–water partition coefficient (Wildman–Crippen LogP) is 4.13. The molecule has 0 saturated heterocycles. The second kappa shape index (κ2) is 7.18. The molecule has 2 aromatic heterocycles. The van der Waals surface area contributed by atoms with Gasteiger partial charge in [-0.15, -0.1) is 0 Å². The van der Waals surface area contributed by atoms with Gasteiger partial charge in [0.25, 0.3) is 0 Å². The van der Waals surface area contributed by atoms with Gasteiger partial charge in [-0.2, -0.15) is 18.2 Å². The van der Waals surface area contributed by atoms with Crippen LogP contribution in [0.15, 0.2) is 53.2 Å². The van der Waals surface area contributed by atoms with Gasteiger partial charge in [-0.3, -0.25) is 0 Å². The van der Waals surface area contributed by atoms with E-state index in [1.807, 2.05) is 6.07 Å². The Morgan fingerprint density at radius 2 is 1.84 bits per heavy atom. The highest BCUT2D eigenvalue weighted by Gasteiger charge is 2.34. The van der Waals surface area contributed by atoms with Gasteiger partial charge < -0.3 is 4.52 Å². The molecule has 0 N–H and O–H groups in total. The number of hydrogen-bond donors (Lipinski definition) is 0. The molecule has 1 aromatic carbocycles. The van der Waals surface area contributed by atoms with E-state index in [0.717, 1.165) is 6.07 Å². The van der Waals surface area contributed by atoms with E-state index in [2.05, 4.69) is 27.0 Å². The first-order chi connectivity index (χ1) is 12.0. The highest BCUT2D eigenvalue weighted by atomic mass is 19.4. The second-order valence-electron chi connectivity index (χ2n) is 5.07. The van der Waals surface area contributed by atoms with Gasteiger partial charge in [-0.05, 0) is 24.1 Å². The van der Waals surface area contributed by atoms with Crippen molar-refractivity contribution < 1.29 is 17.7 Å². The molecule has 0 amide bonds. The van der Waals surface area contributed by atoms with Gasteiger partial charge in [0, 0.05) is 24.6 Å². The standard InChI is InChI=1S/C18H12F3N3O/c19-18(20,21)15-10-3-2-9-14(15)17-23-16(25-24-17)11-4-1-7-13-8-5-6-12-22-13/h2-3,5-6,8-10,12H,4,11H2. The van der Waals surface area contributed by atoms with Gasteiger partial charge >= 0.3 is 6.18 Å². The van der Waals surface area contributed by atoms with Crippen LogP contribution < -0.4 is 0 Å². The third-order valence-electron chi connectivity index (χ3n) is 3.29. The van der Waals surface area contributed by atoms with Crippen molar-refractivity contribution in [1.82, 2.24) is 15.1 Å². The van der Waals surface area contributed by atoms with E-state index in [4.69, 9.17) is 4.52 Å². The number of rotatable bonds is 3. The molecule has 0 radical (unpaired) electrons. The van der Waals surface area contributed by atoms with Crippen LogP contribution in [-0.4, -0.2) is 15.1 Å². The topological polar surface area (TPSA) is 51.8 Å². The van der Waals surface area contributed by atoms with Crippen LogP contribution in [0.4, 0.5) is 13.2 Å². The van der Waals surface area contributed by atoms with Crippen molar-refractivity contribution in [1.29, 1.82) is 0 Å². The fraction of sp³-hybridized carbons (Fsp3) is 0.167. The number of aryl methyl sites for hydroxylation is 1. The smallest absolute Gasteiger partial charge is 0.339 e. The second-order valence-corrected chi connectivity index (χ2v) is 5.07. The third kappa shape index (κ3) is 4.23. The van der Waals surface area contributed by atoms with Crippen LogP contribution in [0.1, 0.15) is 23.6 Å². The molecule has 0 aliphatic carbocycles. The molecule has 25 heavy (non-hydrogen) atoms. The predicted molar refractivity (Wildman–Crippen MR) is 84.2 cm³/mol. The summed E-state index contributed by atoms with van der Waals surface area (Å²) in [7, 11) is 0. The van der Waals surface area contributed by atoms with E-state index in [0.29, 0.717) is 18.5 Å². The van der Waals surface area contributed by atoms with Crippen LogP contribution in [-0.2, 0) is 12.6 Å². The van der Waals surface area contributed by atoms with Crippen LogP contribution in [0.3, 0.4) is 0 Å². The molecule has 3 aromatic rings. The first kappa shape index (κ1) is 16.7. The maximum atomic E-state index is 13.0. The summed E-state index contributed by atoms with van der Waals surface area (Å²) in [5.74, 6) is 5.95. The summed E-state index contributed by atoms with van der Waals surface area (Å²) in [6.07, 6.45) is -2.06. The molecule has 126 valence electrons. The fourth-order valence-corrected chi connectivity index (χ4v) is 2.15. The number of nitrogens with zero attached hydrogens (tertiary/aromatic N) is 3. The summed E-state index contributed by atoms with van der Waals surface area (Å²) in [6.45, 7) is 0. The van der Waals surface area contributed by atoms with Crippen LogP contribution >= 0.6 is 0 Å². The summed E-state index contributed by atoms with van der Waals surface area (Å²) >= 11 is 0. The first-order valence-electron chi connectivity index (χ1n) is 7.43. The normalized spacial score (nSPS) is 11.0. The SMILES string of the molecule is FC(F)(F)c1ccccc1-c1noc(CCC#Cc2ccccn2)n1. The maximum Gasteiger partial charge on any atom is 0.417 e. The van der Waals surface area contributed by atoms with Crippen LogP contribution in [0, 0.1) is 11.8 Å². The molecule has 0 unspecified atom stereocenters. The van der Waals surface area contributed by atoms with Gasteiger partial charge in [-0.1, -0.05) is 35.3 Å². The van der Waals surface area contributed by atoms with E-state index in [1.165, 1.54) is 18.2 Å². The molecule has 2 heterocycles. The minimum absolute atomic E-state index is 0.0828. The molecule has 0 atom stereocenters. The van der Waals surface area contributed by atoms with Gasteiger partial charge in [0.15, 0.2) is 0 Å². The van der Waals surface area contributed by atoms with Crippen molar-refractivity contribution >= 4 is 0 Å². The number of benzene rings is 1. The monoisotopic (exact) mass is 343 g/mol. The van der Waals surface area contributed by atoms with E-state index in [1.54, 1.807) is 18.3 Å². The Bertz CT molecular complexity index is 908. The number of hydrogen-bond acceptors (Lipinski definition) is 4. The molecule has 0 aliphatic rings. The zero-order valence-corrected chi connectivity index (χ0v) is 12.9. The summed E-state index contributed by atoms with van der Waals surface area (Å²) in [5, 5.41) is 3.65. The molecule has 0 saturated carbocycles. The van der Waals surface area contributed by atoms with E-state index >= 15 is 0 Å². The van der Waals surface area contributed by atoms with Crippen molar-refractivity contribution in [3.8, 4) is 23.2 Å². The van der Waals surface area contributed by atoms with E-state index in [-0.39, 0.29) is 17.3 Å². The largest absolute Gasteiger partial charge is 0.417 e. The molecule has 0 aliphatic heterocycles. The van der Waals surface area contributed by atoms with Crippen molar-refractivity contribution in [3.63, 3.8) is 0 Å². The van der Waals surface area contributed by atoms with Crippen molar-refractivity contribution in [2.75, 3.05) is 0 Å². The number of alkyl halides is 3. The Morgan fingerprint density at radius 3 is 2.60 bits per heavy atom. The highest BCUT2D eigenvalue weighted by molar-refractivity contribution is 5.60. The Balaban J connectivity index is 1.71. The van der Waals surface area contributed by atoms with Gasteiger partial charge in [0.05, 0.1) is 5.56 Å². The van der Waals surface area contributed by atoms with Gasteiger partial charge in [-0.25, -0.2) is 4.98 Å². The minimum atomic E-state index is -4.48. The Kier molecular flexibility index (Phi) is 4.80. The average Bonchev–Trinajstić information content (AvgIpc) is 3.08.